The molecule has 1 aliphatic rings. The van der Waals surface area contributed by atoms with Crippen LogP contribution in [0, 0.1) is 0 Å². The molecule has 7 heteroatoms. The Morgan fingerprint density at radius 2 is 1.83 bits per heavy atom. The lowest BCUT2D eigenvalue weighted by Crippen LogP contribution is -2.47. The average molecular weight is 419 g/mol. The molecule has 0 aliphatic heterocycles. The van der Waals surface area contributed by atoms with Crippen molar-refractivity contribution in [2.24, 2.45) is 0 Å². The van der Waals surface area contributed by atoms with Gasteiger partial charge < -0.3 is 15.2 Å². The number of rotatable bonds is 11. The Morgan fingerprint density at radius 3 is 2.50 bits per heavy atom. The maximum Gasteiger partial charge on any atom is 0.410 e. The van der Waals surface area contributed by atoms with Gasteiger partial charge in [0.05, 0.1) is 0 Å². The number of ether oxygens (including phenoxy) is 1. The molecule has 166 valence electrons. The molecule has 1 atom stereocenters. The minimum absolute atomic E-state index is 0.0229. The number of carbonyl (C=O) groups excluding carboxylic acids is 3. The molecule has 2 rings (SSSR count). The number of aliphatic hydroxyl groups excluding tert-OH is 1. The van der Waals surface area contributed by atoms with Crippen molar-refractivity contribution >= 4 is 17.8 Å². The van der Waals surface area contributed by atoms with Crippen LogP contribution in [0.3, 0.4) is 0 Å². The third-order valence-corrected chi connectivity index (χ3v) is 5.41. The molecule has 0 heterocycles. The first-order valence-corrected chi connectivity index (χ1v) is 10.9. The molecule has 0 radical (unpaired) electrons. The maximum atomic E-state index is 12.7. The van der Waals surface area contributed by atoms with Crippen LogP contribution in [-0.4, -0.2) is 53.0 Å². The van der Waals surface area contributed by atoms with Gasteiger partial charge in [-0.25, -0.2) is 4.79 Å². The summed E-state index contributed by atoms with van der Waals surface area (Å²) < 4.78 is 5.48. The first-order valence-electron chi connectivity index (χ1n) is 10.9. The first-order chi connectivity index (χ1) is 14.5. The number of aliphatic hydroxyl groups is 1. The second-order valence-electron chi connectivity index (χ2n) is 7.91. The number of benzene rings is 1. The molecule has 2 N–H and O–H groups in total. The normalized spacial score (nSPS) is 15.3. The second-order valence-corrected chi connectivity index (χ2v) is 7.91. The lowest BCUT2D eigenvalue weighted by molar-refractivity contribution is -0.126. The van der Waals surface area contributed by atoms with E-state index >= 15 is 0 Å². The lowest BCUT2D eigenvalue weighted by atomic mass is 9.94. The number of hydrogen-bond donors (Lipinski definition) is 2. The summed E-state index contributed by atoms with van der Waals surface area (Å²) in [4.78, 5) is 38.1. The molecule has 1 saturated carbocycles. The summed E-state index contributed by atoms with van der Waals surface area (Å²) in [5.74, 6) is -0.412. The Kier molecular flexibility index (Phi) is 10.3. The quantitative estimate of drug-likeness (QED) is 0.538. The Morgan fingerprint density at radius 1 is 1.13 bits per heavy atom. The summed E-state index contributed by atoms with van der Waals surface area (Å²) >= 11 is 0. The van der Waals surface area contributed by atoms with Crippen molar-refractivity contribution in [2.75, 3.05) is 13.1 Å². The third kappa shape index (κ3) is 8.53. The van der Waals surface area contributed by atoms with Crippen molar-refractivity contribution in [3.63, 3.8) is 0 Å². The minimum atomic E-state index is -0.939. The van der Waals surface area contributed by atoms with Crippen molar-refractivity contribution in [1.82, 2.24) is 10.2 Å². The van der Waals surface area contributed by atoms with E-state index < -0.39 is 12.2 Å². The van der Waals surface area contributed by atoms with E-state index in [0.717, 1.165) is 37.7 Å². The maximum absolute atomic E-state index is 12.7. The molecule has 1 aliphatic carbocycles. The van der Waals surface area contributed by atoms with Gasteiger partial charge >= 0.3 is 6.09 Å². The highest BCUT2D eigenvalue weighted by Gasteiger charge is 2.28. The van der Waals surface area contributed by atoms with Crippen molar-refractivity contribution in [3.05, 3.63) is 35.9 Å². The predicted molar refractivity (Wildman–Crippen MR) is 114 cm³/mol. The average Bonchev–Trinajstić information content (AvgIpc) is 2.76. The Labute approximate surface area is 178 Å². The van der Waals surface area contributed by atoms with Gasteiger partial charge in [0.25, 0.3) is 0 Å². The fourth-order valence-corrected chi connectivity index (χ4v) is 3.61. The molecular weight excluding hydrogens is 384 g/mol. The van der Waals surface area contributed by atoms with Gasteiger partial charge in [-0.15, -0.1) is 0 Å². The number of amides is 2. The summed E-state index contributed by atoms with van der Waals surface area (Å²) in [6, 6.07) is 9.51. The number of ketones is 1. The summed E-state index contributed by atoms with van der Waals surface area (Å²) in [5.41, 5.74) is 0.908. The zero-order valence-electron chi connectivity index (χ0n) is 17.8. The SMILES string of the molecule is CC(O)C(=O)CCCCNC(=O)CN(C(=O)OCc1ccccc1)C1CCCCC1. The summed E-state index contributed by atoms with van der Waals surface area (Å²) in [6.07, 6.45) is 5.17. The highest BCUT2D eigenvalue weighted by atomic mass is 16.6. The standard InChI is InChI=1S/C23H34N2O5/c1-18(26)21(27)14-8-9-15-24-22(28)16-25(20-12-6-3-7-13-20)23(29)30-17-19-10-4-2-5-11-19/h2,4-5,10-11,18,20,26H,3,6-9,12-17H2,1H3,(H,24,28). The van der Waals surface area contributed by atoms with E-state index in [2.05, 4.69) is 5.32 Å². The van der Waals surface area contributed by atoms with Crippen LogP contribution < -0.4 is 5.32 Å². The van der Waals surface area contributed by atoms with Gasteiger partial charge in [0.1, 0.15) is 19.3 Å². The van der Waals surface area contributed by atoms with Crippen molar-refractivity contribution in [2.45, 2.75) is 77.0 Å². The van der Waals surface area contributed by atoms with Crippen LogP contribution in [0.25, 0.3) is 0 Å². The van der Waals surface area contributed by atoms with Gasteiger partial charge in [0.2, 0.25) is 5.91 Å². The van der Waals surface area contributed by atoms with Gasteiger partial charge in [-0.2, -0.15) is 0 Å². The zero-order chi connectivity index (χ0) is 21.8. The van der Waals surface area contributed by atoms with E-state index in [1.807, 2.05) is 30.3 Å². The van der Waals surface area contributed by atoms with Gasteiger partial charge in [-0.1, -0.05) is 49.6 Å². The molecule has 7 nitrogen and oxygen atoms in total. The molecule has 0 aromatic heterocycles. The van der Waals surface area contributed by atoms with Gasteiger partial charge in [0.15, 0.2) is 5.78 Å². The van der Waals surface area contributed by atoms with E-state index in [0.29, 0.717) is 25.8 Å². The Balaban J connectivity index is 1.81. The summed E-state index contributed by atoms with van der Waals surface area (Å²) in [5, 5.41) is 12.0. The number of nitrogens with zero attached hydrogens (tertiary/aromatic N) is 1. The smallest absolute Gasteiger partial charge is 0.410 e. The molecule has 2 amide bonds. The van der Waals surface area contributed by atoms with Gasteiger partial charge in [0, 0.05) is 19.0 Å². The molecule has 1 fully saturated rings. The molecule has 0 bridgehead atoms. The largest absolute Gasteiger partial charge is 0.445 e. The van der Waals surface area contributed by atoms with E-state index in [9.17, 15) is 19.5 Å². The molecular formula is C23H34N2O5. The fraction of sp³-hybridized carbons (Fsp3) is 0.609. The zero-order valence-corrected chi connectivity index (χ0v) is 17.8. The van der Waals surface area contributed by atoms with Gasteiger partial charge in [-0.3, -0.25) is 14.5 Å². The fourth-order valence-electron chi connectivity index (χ4n) is 3.61. The van der Waals surface area contributed by atoms with Crippen LogP contribution >= 0.6 is 0 Å². The van der Waals surface area contributed by atoms with Crippen molar-refractivity contribution in [3.8, 4) is 0 Å². The summed E-state index contributed by atoms with van der Waals surface area (Å²) in [7, 11) is 0. The number of unbranched alkanes of at least 4 members (excludes halogenated alkanes) is 1. The number of hydrogen-bond acceptors (Lipinski definition) is 5. The Bertz CT molecular complexity index is 671. The molecule has 0 spiro atoms. The molecule has 1 aromatic carbocycles. The highest BCUT2D eigenvalue weighted by Crippen LogP contribution is 2.23. The lowest BCUT2D eigenvalue weighted by Gasteiger charge is -2.33. The molecule has 1 unspecified atom stereocenters. The van der Waals surface area contributed by atoms with Crippen molar-refractivity contribution in [1.29, 1.82) is 0 Å². The number of nitrogens with one attached hydrogen (secondary N) is 1. The van der Waals surface area contributed by atoms with E-state index in [1.165, 1.54) is 6.92 Å². The highest BCUT2D eigenvalue weighted by molar-refractivity contribution is 5.83. The van der Waals surface area contributed by atoms with Crippen LogP contribution in [-0.2, 0) is 20.9 Å². The van der Waals surface area contributed by atoms with Crippen LogP contribution in [0.15, 0.2) is 30.3 Å². The van der Waals surface area contributed by atoms with Crippen LogP contribution in [0.2, 0.25) is 0 Å². The van der Waals surface area contributed by atoms with Crippen LogP contribution in [0.4, 0.5) is 4.79 Å². The number of carbonyl (C=O) groups is 3. The third-order valence-electron chi connectivity index (χ3n) is 5.41. The predicted octanol–water partition coefficient (Wildman–Crippen LogP) is 3.19. The van der Waals surface area contributed by atoms with Crippen LogP contribution in [0.5, 0.6) is 0 Å². The Hall–Kier alpha value is -2.41. The number of Topliss-reactive ketones (excluding diaryl/α,β-unsaturated/α-hetero) is 1. The minimum Gasteiger partial charge on any atom is -0.445 e. The monoisotopic (exact) mass is 418 g/mol. The summed E-state index contributed by atoms with van der Waals surface area (Å²) in [6.45, 7) is 2.05. The van der Waals surface area contributed by atoms with E-state index in [1.54, 1.807) is 4.90 Å². The van der Waals surface area contributed by atoms with Crippen molar-refractivity contribution < 1.29 is 24.2 Å². The molecule has 30 heavy (non-hydrogen) atoms. The second kappa shape index (κ2) is 13.0. The first kappa shape index (κ1) is 23.9. The molecule has 1 aromatic rings. The van der Waals surface area contributed by atoms with Crippen LogP contribution in [0.1, 0.15) is 63.9 Å². The molecule has 0 saturated heterocycles. The van der Waals surface area contributed by atoms with E-state index in [4.69, 9.17) is 4.74 Å². The van der Waals surface area contributed by atoms with E-state index in [-0.39, 0.29) is 30.9 Å². The van der Waals surface area contributed by atoms with Gasteiger partial charge in [-0.05, 0) is 38.2 Å². The topological polar surface area (TPSA) is 95.9 Å².